The van der Waals surface area contributed by atoms with Gasteiger partial charge < -0.3 is 4.90 Å². The quantitative estimate of drug-likeness (QED) is 0.625. The number of nitrogens with zero attached hydrogens (tertiary/aromatic N) is 3. The number of Topliss-reactive ketones (excluding diaryl/α,β-unsaturated/α-hetero) is 1. The normalized spacial score (nSPS) is 19.8. The summed E-state index contributed by atoms with van der Waals surface area (Å²) in [4.78, 5) is 32.2. The summed E-state index contributed by atoms with van der Waals surface area (Å²) in [5.74, 6) is -0.135. The van der Waals surface area contributed by atoms with Crippen LogP contribution in [0.4, 0.5) is 0 Å². The molecule has 0 radical (unpaired) electrons. The minimum absolute atomic E-state index is 0.107. The number of carbonyl (C=O) groups is 2. The zero-order chi connectivity index (χ0) is 23.7. The van der Waals surface area contributed by atoms with Crippen LogP contribution in [-0.2, 0) is 28.9 Å². The summed E-state index contributed by atoms with van der Waals surface area (Å²) in [6.45, 7) is 3.20. The molecule has 172 valence electrons. The van der Waals surface area contributed by atoms with E-state index in [2.05, 4.69) is 37.3 Å². The minimum Gasteiger partial charge on any atom is -0.337 e. The number of benzene rings is 1. The van der Waals surface area contributed by atoms with Crippen molar-refractivity contribution in [3.05, 3.63) is 76.6 Å². The predicted molar refractivity (Wildman–Crippen MR) is 131 cm³/mol. The number of hydrogen-bond donors (Lipinski definition) is 0. The van der Waals surface area contributed by atoms with Crippen molar-refractivity contribution in [2.24, 2.45) is 17.8 Å². The zero-order valence-corrected chi connectivity index (χ0v) is 19.5. The number of nitriles is 1. The van der Waals surface area contributed by atoms with Gasteiger partial charge in [-0.15, -0.1) is 0 Å². The van der Waals surface area contributed by atoms with Gasteiger partial charge in [-0.1, -0.05) is 55.5 Å². The minimum atomic E-state index is -0.683. The Morgan fingerprint density at radius 1 is 1.24 bits per heavy atom. The predicted octanol–water partition coefficient (Wildman–Crippen LogP) is 4.42. The van der Waals surface area contributed by atoms with Crippen molar-refractivity contribution in [2.45, 2.75) is 39.0 Å². The third-order valence-corrected chi connectivity index (χ3v) is 7.09. The fraction of sp³-hybridized carbons (Fsp3) is 0.379. The summed E-state index contributed by atoms with van der Waals surface area (Å²) in [7, 11) is 0. The second-order valence-corrected chi connectivity index (χ2v) is 9.72. The van der Waals surface area contributed by atoms with Gasteiger partial charge in [-0.25, -0.2) is 0 Å². The van der Waals surface area contributed by atoms with Gasteiger partial charge in [0.2, 0.25) is 5.91 Å². The van der Waals surface area contributed by atoms with E-state index in [9.17, 15) is 14.9 Å². The Labute approximate surface area is 200 Å². The van der Waals surface area contributed by atoms with Crippen LogP contribution in [0.3, 0.4) is 0 Å². The highest BCUT2D eigenvalue weighted by Crippen LogP contribution is 2.36. The first-order valence-electron chi connectivity index (χ1n) is 12.2. The number of pyridine rings is 1. The number of aromatic nitrogens is 1. The summed E-state index contributed by atoms with van der Waals surface area (Å²) in [5.41, 5.74) is 6.36. The smallest absolute Gasteiger partial charge is 0.240 e. The van der Waals surface area contributed by atoms with Crippen LogP contribution in [0.2, 0.25) is 0 Å². The molecule has 5 nitrogen and oxygen atoms in total. The molecule has 1 amide bonds. The highest BCUT2D eigenvalue weighted by atomic mass is 16.2. The number of amides is 1. The van der Waals surface area contributed by atoms with Gasteiger partial charge in [-0.3, -0.25) is 14.6 Å². The molecule has 1 aromatic carbocycles. The van der Waals surface area contributed by atoms with Crippen LogP contribution in [0.25, 0.3) is 11.6 Å². The Morgan fingerprint density at radius 3 is 2.74 bits per heavy atom. The van der Waals surface area contributed by atoms with E-state index in [0.717, 1.165) is 47.3 Å². The van der Waals surface area contributed by atoms with Crippen LogP contribution < -0.4 is 0 Å². The molecule has 2 aromatic rings. The summed E-state index contributed by atoms with van der Waals surface area (Å²) in [5, 5.41) is 9.68. The zero-order valence-electron chi connectivity index (χ0n) is 19.5. The van der Waals surface area contributed by atoms with Crippen LogP contribution in [0.15, 0.2) is 48.6 Å². The lowest BCUT2D eigenvalue weighted by Gasteiger charge is -2.33. The first-order chi connectivity index (χ1) is 16.5. The van der Waals surface area contributed by atoms with Crippen molar-refractivity contribution < 1.29 is 9.59 Å². The molecule has 0 saturated heterocycles. The number of ketones is 1. The fourth-order valence-corrected chi connectivity index (χ4v) is 5.08. The average Bonchev–Trinajstić information content (AvgIpc) is 3.60. The van der Waals surface area contributed by atoms with Crippen LogP contribution in [0.1, 0.15) is 47.8 Å². The van der Waals surface area contributed by atoms with Crippen molar-refractivity contribution in [3.63, 3.8) is 0 Å². The van der Waals surface area contributed by atoms with E-state index in [1.807, 2.05) is 30.3 Å². The highest BCUT2D eigenvalue weighted by molar-refractivity contribution is 5.87. The molecule has 5 rings (SSSR count). The second kappa shape index (κ2) is 9.38. The third-order valence-electron chi connectivity index (χ3n) is 7.09. The van der Waals surface area contributed by atoms with E-state index in [0.29, 0.717) is 31.7 Å². The number of rotatable bonds is 7. The van der Waals surface area contributed by atoms with Crippen LogP contribution >= 0.6 is 0 Å². The lowest BCUT2D eigenvalue weighted by molar-refractivity contribution is -0.133. The second-order valence-electron chi connectivity index (χ2n) is 9.72. The molecule has 2 aliphatic carbocycles. The van der Waals surface area contributed by atoms with Crippen LogP contribution in [0, 0.1) is 29.1 Å². The largest absolute Gasteiger partial charge is 0.337 e. The molecule has 1 aromatic heterocycles. The van der Waals surface area contributed by atoms with Gasteiger partial charge in [0.25, 0.3) is 0 Å². The molecule has 5 heteroatoms. The molecule has 3 aliphatic rings. The van der Waals surface area contributed by atoms with Crippen molar-refractivity contribution in [2.75, 3.05) is 13.1 Å². The number of allylic oxidation sites excluding steroid dienone is 1. The fourth-order valence-electron chi connectivity index (χ4n) is 5.08. The molecule has 2 atom stereocenters. The summed E-state index contributed by atoms with van der Waals surface area (Å²) in [6, 6.07) is 14.0. The van der Waals surface area contributed by atoms with Gasteiger partial charge in [0, 0.05) is 43.1 Å². The number of hydrogen-bond acceptors (Lipinski definition) is 4. The molecular formula is C29H29N3O2. The van der Waals surface area contributed by atoms with E-state index < -0.39 is 5.92 Å². The van der Waals surface area contributed by atoms with Crippen molar-refractivity contribution in [1.29, 1.82) is 5.26 Å². The molecule has 2 unspecified atom stereocenters. The van der Waals surface area contributed by atoms with Gasteiger partial charge in [0.1, 0.15) is 11.7 Å². The van der Waals surface area contributed by atoms with Gasteiger partial charge >= 0.3 is 0 Å². The first-order valence-corrected chi connectivity index (χ1v) is 12.2. The van der Waals surface area contributed by atoms with Crippen molar-refractivity contribution in [3.8, 4) is 6.07 Å². The Morgan fingerprint density at radius 2 is 2.03 bits per heavy atom. The van der Waals surface area contributed by atoms with Crippen LogP contribution in [0.5, 0.6) is 0 Å². The highest BCUT2D eigenvalue weighted by Gasteiger charge is 2.32. The standard InChI is InChI=1S/C29H29N3O2/c1-19-18-32(29(34)22(17-30)14-20-6-3-2-4-7-20)13-12-24(19)26-15-23(16-28(33)21-10-11-21)31-27-9-5-8-25(26)27/h2-8,12,15,19,21-22H,9-11,13-14,16,18H2,1H3. The Hall–Kier alpha value is -3.52. The number of fused-ring (bicyclic) bond motifs is 1. The molecule has 1 aliphatic heterocycles. The van der Waals surface area contributed by atoms with E-state index in [-0.39, 0.29) is 17.7 Å². The molecular weight excluding hydrogens is 422 g/mol. The van der Waals surface area contributed by atoms with Crippen molar-refractivity contribution >= 4 is 23.3 Å². The van der Waals surface area contributed by atoms with Crippen LogP contribution in [-0.4, -0.2) is 34.7 Å². The maximum Gasteiger partial charge on any atom is 0.240 e. The SMILES string of the molecule is CC1CN(C(=O)C(C#N)Cc2ccccc2)CC=C1c1cc(CC(=O)C2CC2)nc2c1C=CC2. The molecule has 0 spiro atoms. The Bertz CT molecular complexity index is 1220. The lowest BCUT2D eigenvalue weighted by Crippen LogP contribution is -2.42. The summed E-state index contributed by atoms with van der Waals surface area (Å²) in [6.07, 6.45) is 10.0. The Balaban J connectivity index is 1.36. The number of carbonyl (C=O) groups excluding carboxylic acids is 2. The van der Waals surface area contributed by atoms with Crippen molar-refractivity contribution in [1.82, 2.24) is 9.88 Å². The maximum absolute atomic E-state index is 13.2. The maximum atomic E-state index is 13.2. The first kappa shape index (κ1) is 22.3. The van der Waals surface area contributed by atoms with Gasteiger partial charge in [0.15, 0.2) is 0 Å². The van der Waals surface area contributed by atoms with Gasteiger partial charge in [0.05, 0.1) is 11.8 Å². The third kappa shape index (κ3) is 4.59. The molecule has 2 heterocycles. The molecule has 0 N–H and O–H groups in total. The molecule has 1 fully saturated rings. The molecule has 0 bridgehead atoms. The topological polar surface area (TPSA) is 74.1 Å². The Kier molecular flexibility index (Phi) is 6.15. The summed E-state index contributed by atoms with van der Waals surface area (Å²) >= 11 is 0. The average molecular weight is 452 g/mol. The van der Waals surface area contributed by atoms with Gasteiger partial charge in [-0.05, 0) is 47.9 Å². The van der Waals surface area contributed by atoms with E-state index in [4.69, 9.17) is 4.98 Å². The van der Waals surface area contributed by atoms with E-state index >= 15 is 0 Å². The molecule has 1 saturated carbocycles. The van der Waals surface area contributed by atoms with E-state index in [1.54, 1.807) is 4.90 Å². The summed E-state index contributed by atoms with van der Waals surface area (Å²) < 4.78 is 0. The van der Waals surface area contributed by atoms with Gasteiger partial charge in [-0.2, -0.15) is 5.26 Å². The lowest BCUT2D eigenvalue weighted by atomic mass is 9.86. The van der Waals surface area contributed by atoms with E-state index in [1.165, 1.54) is 5.57 Å². The monoisotopic (exact) mass is 451 g/mol. The molecule has 34 heavy (non-hydrogen) atoms.